The Morgan fingerprint density at radius 2 is 1.53 bits per heavy atom. The van der Waals surface area contributed by atoms with Gasteiger partial charge in [-0.3, -0.25) is 4.79 Å². The van der Waals surface area contributed by atoms with Gasteiger partial charge in [0.2, 0.25) is 5.92 Å². The molecular formula is C28H37F2NO3. The second kappa shape index (κ2) is 11.6. The summed E-state index contributed by atoms with van der Waals surface area (Å²) in [6.45, 7) is 11.0. The van der Waals surface area contributed by atoms with Gasteiger partial charge in [0.15, 0.2) is 0 Å². The molecule has 0 fully saturated rings. The maximum atomic E-state index is 14.0. The van der Waals surface area contributed by atoms with E-state index in [1.807, 2.05) is 0 Å². The summed E-state index contributed by atoms with van der Waals surface area (Å²) >= 11 is 0. The number of hydrogen-bond acceptors (Lipinski definition) is 3. The standard InChI is InChI=1S/C28H37F2NO3/c1-7-16-27(5,17-8-2)31(23-13-10-21(11-14-23)19-28(6,29)30)25(32)24-15-12-22(18-20(24)4)26(33)34-9-3/h10-15,18H,7-9,16-17,19H2,1-6H3. The van der Waals surface area contributed by atoms with Crippen LogP contribution in [0.15, 0.2) is 42.5 Å². The average Bonchev–Trinajstić information content (AvgIpc) is 2.74. The highest BCUT2D eigenvalue weighted by molar-refractivity contribution is 6.08. The van der Waals surface area contributed by atoms with Crippen LogP contribution < -0.4 is 4.90 Å². The number of amides is 1. The van der Waals surface area contributed by atoms with E-state index in [0.717, 1.165) is 32.6 Å². The summed E-state index contributed by atoms with van der Waals surface area (Å²) in [5.74, 6) is -3.40. The minimum atomic E-state index is -2.80. The fourth-order valence-electron chi connectivity index (χ4n) is 4.59. The van der Waals surface area contributed by atoms with Gasteiger partial charge >= 0.3 is 5.97 Å². The van der Waals surface area contributed by atoms with Crippen molar-refractivity contribution in [2.45, 2.75) is 85.1 Å². The molecule has 0 aliphatic rings. The fourth-order valence-corrected chi connectivity index (χ4v) is 4.59. The first-order chi connectivity index (χ1) is 16.0. The van der Waals surface area contributed by atoms with E-state index in [0.29, 0.717) is 27.9 Å². The number of rotatable bonds is 11. The van der Waals surface area contributed by atoms with Gasteiger partial charge in [-0.1, -0.05) is 38.8 Å². The second-order valence-corrected chi connectivity index (χ2v) is 9.30. The Hall–Kier alpha value is -2.76. The van der Waals surface area contributed by atoms with E-state index in [2.05, 4.69) is 20.8 Å². The number of anilines is 1. The van der Waals surface area contributed by atoms with Crippen molar-refractivity contribution >= 4 is 17.6 Å². The van der Waals surface area contributed by atoms with Crippen molar-refractivity contribution in [3.63, 3.8) is 0 Å². The summed E-state index contributed by atoms with van der Waals surface area (Å²) < 4.78 is 32.1. The number of alkyl halides is 2. The Kier molecular flexibility index (Phi) is 9.37. The summed E-state index contributed by atoms with van der Waals surface area (Å²) in [7, 11) is 0. The average molecular weight is 474 g/mol. The Bertz CT molecular complexity index is 974. The third kappa shape index (κ3) is 6.87. The van der Waals surface area contributed by atoms with E-state index in [1.165, 1.54) is 0 Å². The normalized spacial score (nSPS) is 11.9. The zero-order chi connectivity index (χ0) is 25.5. The van der Waals surface area contributed by atoms with Crippen molar-refractivity contribution in [3.8, 4) is 0 Å². The van der Waals surface area contributed by atoms with Crippen LogP contribution in [-0.2, 0) is 11.2 Å². The summed E-state index contributed by atoms with van der Waals surface area (Å²) in [5.41, 5.74) is 2.31. The molecule has 0 heterocycles. The number of hydrogen-bond donors (Lipinski definition) is 0. The molecule has 0 radical (unpaired) electrons. The van der Waals surface area contributed by atoms with Crippen LogP contribution in [0.25, 0.3) is 0 Å². The van der Waals surface area contributed by atoms with Crippen LogP contribution in [0.3, 0.4) is 0 Å². The lowest BCUT2D eigenvalue weighted by Gasteiger charge is -2.42. The number of aryl methyl sites for hydroxylation is 1. The molecule has 1 amide bonds. The molecule has 0 bridgehead atoms. The van der Waals surface area contributed by atoms with Crippen LogP contribution in [0.1, 0.15) is 92.1 Å². The molecule has 0 aliphatic heterocycles. The number of benzene rings is 2. The van der Waals surface area contributed by atoms with Crippen LogP contribution in [0.4, 0.5) is 14.5 Å². The van der Waals surface area contributed by atoms with Gasteiger partial charge in [-0.05, 0) is 82.0 Å². The summed E-state index contributed by atoms with van der Waals surface area (Å²) in [6, 6.07) is 11.8. The molecule has 4 nitrogen and oxygen atoms in total. The van der Waals surface area contributed by atoms with Crippen LogP contribution in [-0.4, -0.2) is 29.9 Å². The smallest absolute Gasteiger partial charge is 0.338 e. The molecule has 0 unspecified atom stereocenters. The highest BCUT2D eigenvalue weighted by Gasteiger charge is 2.36. The van der Waals surface area contributed by atoms with Crippen molar-refractivity contribution in [1.82, 2.24) is 0 Å². The Morgan fingerprint density at radius 1 is 0.941 bits per heavy atom. The summed E-state index contributed by atoms with van der Waals surface area (Å²) in [4.78, 5) is 27.9. The molecule has 0 aliphatic carbocycles. The molecule has 0 spiro atoms. The zero-order valence-corrected chi connectivity index (χ0v) is 21.2. The van der Waals surface area contributed by atoms with Crippen LogP contribution >= 0.6 is 0 Å². The minimum absolute atomic E-state index is 0.175. The van der Waals surface area contributed by atoms with Gasteiger partial charge in [0.05, 0.1) is 12.2 Å². The molecule has 186 valence electrons. The quantitative estimate of drug-likeness (QED) is 0.320. The van der Waals surface area contributed by atoms with E-state index >= 15 is 0 Å². The number of esters is 1. The first-order valence-electron chi connectivity index (χ1n) is 12.0. The van der Waals surface area contributed by atoms with Gasteiger partial charge in [0.1, 0.15) is 0 Å². The predicted octanol–water partition coefficient (Wildman–Crippen LogP) is 7.38. The number of nitrogens with zero attached hydrogens (tertiary/aromatic N) is 1. The van der Waals surface area contributed by atoms with E-state index in [-0.39, 0.29) is 18.9 Å². The Balaban J connectivity index is 2.54. The van der Waals surface area contributed by atoms with Crippen LogP contribution in [0.5, 0.6) is 0 Å². The maximum absolute atomic E-state index is 14.0. The zero-order valence-electron chi connectivity index (χ0n) is 21.2. The minimum Gasteiger partial charge on any atom is -0.462 e. The molecule has 34 heavy (non-hydrogen) atoms. The first-order valence-corrected chi connectivity index (χ1v) is 12.0. The molecular weight excluding hydrogens is 436 g/mol. The van der Waals surface area contributed by atoms with Crippen molar-refractivity contribution in [2.75, 3.05) is 11.5 Å². The third-order valence-corrected chi connectivity index (χ3v) is 6.00. The monoisotopic (exact) mass is 473 g/mol. The lowest BCUT2D eigenvalue weighted by Crippen LogP contribution is -2.50. The van der Waals surface area contributed by atoms with Gasteiger partial charge < -0.3 is 9.64 Å². The van der Waals surface area contributed by atoms with Crippen molar-refractivity contribution in [2.24, 2.45) is 0 Å². The first kappa shape index (κ1) is 27.5. The van der Waals surface area contributed by atoms with E-state index in [1.54, 1.807) is 61.2 Å². The van der Waals surface area contributed by atoms with Gasteiger partial charge in [-0.25, -0.2) is 13.6 Å². The van der Waals surface area contributed by atoms with Gasteiger partial charge in [0.25, 0.3) is 5.91 Å². The number of halogens is 2. The molecule has 0 aromatic heterocycles. The maximum Gasteiger partial charge on any atom is 0.338 e. The molecule has 6 heteroatoms. The molecule has 0 atom stereocenters. The summed E-state index contributed by atoms with van der Waals surface area (Å²) in [5, 5.41) is 0. The fraction of sp³-hybridized carbons (Fsp3) is 0.500. The highest BCUT2D eigenvalue weighted by Crippen LogP contribution is 2.35. The Labute approximate surface area is 202 Å². The van der Waals surface area contributed by atoms with Gasteiger partial charge in [-0.2, -0.15) is 0 Å². The lowest BCUT2D eigenvalue weighted by molar-refractivity contribution is 0.0226. The predicted molar refractivity (Wildman–Crippen MR) is 133 cm³/mol. The molecule has 2 aromatic rings. The molecule has 2 rings (SSSR count). The molecule has 2 aromatic carbocycles. The molecule has 0 N–H and O–H groups in total. The van der Waals surface area contributed by atoms with Crippen LogP contribution in [0.2, 0.25) is 0 Å². The second-order valence-electron chi connectivity index (χ2n) is 9.30. The van der Waals surface area contributed by atoms with Crippen molar-refractivity contribution < 1.29 is 23.1 Å². The van der Waals surface area contributed by atoms with E-state index < -0.39 is 17.4 Å². The molecule has 0 saturated heterocycles. The van der Waals surface area contributed by atoms with Crippen molar-refractivity contribution in [1.29, 1.82) is 0 Å². The third-order valence-electron chi connectivity index (χ3n) is 6.00. The largest absolute Gasteiger partial charge is 0.462 e. The SMILES string of the molecule is CCCC(C)(CCC)N(C(=O)c1ccc(C(=O)OCC)cc1C)c1ccc(CC(C)(F)F)cc1. The Morgan fingerprint density at radius 3 is 2.00 bits per heavy atom. The van der Waals surface area contributed by atoms with Crippen LogP contribution in [0, 0.1) is 6.92 Å². The van der Waals surface area contributed by atoms with Gasteiger partial charge in [0, 0.05) is 23.2 Å². The van der Waals surface area contributed by atoms with Gasteiger partial charge in [-0.15, -0.1) is 0 Å². The van der Waals surface area contributed by atoms with E-state index in [9.17, 15) is 18.4 Å². The van der Waals surface area contributed by atoms with Crippen molar-refractivity contribution in [3.05, 3.63) is 64.7 Å². The topological polar surface area (TPSA) is 46.6 Å². The number of ether oxygens (including phenoxy) is 1. The summed E-state index contributed by atoms with van der Waals surface area (Å²) in [6.07, 6.45) is 3.02. The lowest BCUT2D eigenvalue weighted by atomic mass is 9.87. The van der Waals surface area contributed by atoms with E-state index in [4.69, 9.17) is 4.74 Å². The highest BCUT2D eigenvalue weighted by atomic mass is 19.3. The number of carbonyl (C=O) groups is 2. The molecule has 0 saturated carbocycles. The number of carbonyl (C=O) groups excluding carboxylic acids is 2.